The van der Waals surface area contributed by atoms with Crippen LogP contribution in [0.5, 0.6) is 0 Å². The standard InChI is InChI=1S/C86H81BN2O2/c1-82(2,3)58-42-56(43-59(48-58)83(4,5)6)54-34-38-67-69(46-54)88(80-63(52-26-18-16-19-27-52)36-40-75-77(80)65-30-22-24-32-73(65)90-75)71-50-62(86(13,14)15)51-72-79(71)87(67)68-39-35-55(57-44-60(84(7,8)9)49-61(45-57)85(10,11)12)47-70(68)89(72)81-64(53-28-20-17-21-29-53)37-41-76-78(81)66-31-23-25-33-74(66)91-76/h16-51H,1-15H3. The summed E-state index contributed by atoms with van der Waals surface area (Å²) in [6.07, 6.45) is 0. The molecule has 0 aliphatic carbocycles. The zero-order chi connectivity index (χ0) is 63.4. The summed E-state index contributed by atoms with van der Waals surface area (Å²) in [5.74, 6) is 0. The first-order valence-electron chi connectivity index (χ1n) is 32.7. The second-order valence-corrected chi connectivity index (χ2v) is 31.0. The molecule has 0 amide bonds. The molecule has 5 heteroatoms. The highest BCUT2D eigenvalue weighted by atomic mass is 16.3. The molecule has 0 radical (unpaired) electrons. The summed E-state index contributed by atoms with van der Waals surface area (Å²) >= 11 is 0. The number of fused-ring (bicyclic) bond motifs is 10. The first kappa shape index (κ1) is 58.1. The van der Waals surface area contributed by atoms with Crippen molar-refractivity contribution in [2.24, 2.45) is 0 Å². The summed E-state index contributed by atoms with van der Waals surface area (Å²) in [4.78, 5) is 5.34. The molecule has 4 nitrogen and oxygen atoms in total. The minimum Gasteiger partial charge on any atom is -0.456 e. The first-order chi connectivity index (χ1) is 43.3. The van der Waals surface area contributed by atoms with Gasteiger partial charge in [-0.25, -0.2) is 0 Å². The van der Waals surface area contributed by atoms with E-state index in [1.807, 2.05) is 0 Å². The Morgan fingerprint density at radius 3 is 0.978 bits per heavy atom. The molecule has 0 bridgehead atoms. The summed E-state index contributed by atoms with van der Waals surface area (Å²) in [5, 5.41) is 4.32. The molecule has 450 valence electrons. The third-order valence-corrected chi connectivity index (χ3v) is 19.6. The Bertz CT molecular complexity index is 4710. The minimum absolute atomic E-state index is 0.0795. The van der Waals surface area contributed by atoms with Crippen LogP contribution in [0.1, 0.15) is 132 Å². The maximum absolute atomic E-state index is 6.99. The van der Waals surface area contributed by atoms with Gasteiger partial charge in [0.1, 0.15) is 22.3 Å². The predicted octanol–water partition coefficient (Wildman–Crippen LogP) is 22.7. The Kier molecular flexibility index (Phi) is 13.2. The minimum atomic E-state index is -0.302. The molecule has 13 aromatic rings. The van der Waals surface area contributed by atoms with E-state index < -0.39 is 0 Å². The predicted molar refractivity (Wildman–Crippen MR) is 390 cm³/mol. The zero-order valence-electron chi connectivity index (χ0n) is 55.6. The van der Waals surface area contributed by atoms with Crippen molar-refractivity contribution in [1.29, 1.82) is 0 Å². The molecule has 2 aliphatic heterocycles. The largest absolute Gasteiger partial charge is 0.456 e. The molecule has 0 unspecified atom stereocenters. The molecule has 0 saturated carbocycles. The lowest BCUT2D eigenvalue weighted by atomic mass is 9.33. The van der Waals surface area contributed by atoms with Crippen molar-refractivity contribution in [3.8, 4) is 44.5 Å². The zero-order valence-corrected chi connectivity index (χ0v) is 55.6. The van der Waals surface area contributed by atoms with Crippen LogP contribution in [0.4, 0.5) is 34.1 Å². The first-order valence-corrected chi connectivity index (χ1v) is 32.7. The van der Waals surface area contributed by atoms with Gasteiger partial charge >= 0.3 is 0 Å². The Morgan fingerprint density at radius 2 is 0.615 bits per heavy atom. The van der Waals surface area contributed by atoms with Gasteiger partial charge in [0.2, 0.25) is 0 Å². The molecule has 2 aliphatic rings. The Balaban J connectivity index is 1.13. The number of anilines is 6. The van der Waals surface area contributed by atoms with E-state index in [0.29, 0.717) is 0 Å². The molecule has 11 aromatic carbocycles. The molecule has 2 aromatic heterocycles. The highest BCUT2D eigenvalue weighted by Crippen LogP contribution is 2.55. The van der Waals surface area contributed by atoms with Gasteiger partial charge in [0.15, 0.2) is 0 Å². The van der Waals surface area contributed by atoms with Crippen LogP contribution in [-0.2, 0) is 27.1 Å². The average molecular weight is 1190 g/mol. The van der Waals surface area contributed by atoms with Gasteiger partial charge in [0.25, 0.3) is 6.71 Å². The van der Waals surface area contributed by atoms with Crippen LogP contribution >= 0.6 is 0 Å². The van der Waals surface area contributed by atoms with Crippen molar-refractivity contribution in [2.75, 3.05) is 9.80 Å². The quantitative estimate of drug-likeness (QED) is 0.155. The second kappa shape index (κ2) is 20.6. The number of nitrogens with zero attached hydrogens (tertiary/aromatic N) is 2. The number of benzene rings is 11. The van der Waals surface area contributed by atoms with Crippen LogP contribution < -0.4 is 26.2 Å². The highest BCUT2D eigenvalue weighted by molar-refractivity contribution is 7.00. The topological polar surface area (TPSA) is 32.8 Å². The van der Waals surface area contributed by atoms with E-state index >= 15 is 0 Å². The van der Waals surface area contributed by atoms with Crippen molar-refractivity contribution in [3.63, 3.8) is 0 Å². The number of rotatable bonds is 6. The molecular formula is C86H81BN2O2. The molecule has 0 fully saturated rings. The number of para-hydroxylation sites is 2. The van der Waals surface area contributed by atoms with Crippen molar-refractivity contribution in [1.82, 2.24) is 0 Å². The lowest BCUT2D eigenvalue weighted by Gasteiger charge is -2.46. The van der Waals surface area contributed by atoms with E-state index in [2.05, 4.69) is 332 Å². The van der Waals surface area contributed by atoms with Gasteiger partial charge in [-0.05, 0) is 165 Å². The van der Waals surface area contributed by atoms with Crippen LogP contribution in [0, 0.1) is 0 Å². The lowest BCUT2D eigenvalue weighted by Crippen LogP contribution is -2.61. The molecule has 15 rings (SSSR count). The molecule has 4 heterocycles. The third-order valence-electron chi connectivity index (χ3n) is 19.6. The van der Waals surface area contributed by atoms with Gasteiger partial charge in [-0.2, -0.15) is 0 Å². The summed E-state index contributed by atoms with van der Waals surface area (Å²) in [6, 6.07) is 82.8. The van der Waals surface area contributed by atoms with Gasteiger partial charge < -0.3 is 18.6 Å². The second-order valence-electron chi connectivity index (χ2n) is 31.0. The van der Waals surface area contributed by atoms with Crippen molar-refractivity contribution in [3.05, 3.63) is 246 Å². The van der Waals surface area contributed by atoms with Crippen molar-refractivity contribution in [2.45, 2.75) is 131 Å². The van der Waals surface area contributed by atoms with Gasteiger partial charge in [-0.3, -0.25) is 0 Å². The van der Waals surface area contributed by atoms with Crippen LogP contribution in [0.25, 0.3) is 88.4 Å². The maximum Gasteiger partial charge on any atom is 0.252 e. The van der Waals surface area contributed by atoms with Crippen molar-refractivity contribution >= 4 is 101 Å². The highest BCUT2D eigenvalue weighted by Gasteiger charge is 2.46. The van der Waals surface area contributed by atoms with E-state index in [0.717, 1.165) is 100 Å². The van der Waals surface area contributed by atoms with Crippen LogP contribution in [0.15, 0.2) is 227 Å². The van der Waals surface area contributed by atoms with Gasteiger partial charge in [0, 0.05) is 44.6 Å². The smallest absolute Gasteiger partial charge is 0.252 e. The Morgan fingerprint density at radius 1 is 0.275 bits per heavy atom. The van der Waals surface area contributed by atoms with E-state index in [4.69, 9.17) is 8.83 Å². The molecular weight excluding hydrogens is 1100 g/mol. The molecule has 91 heavy (non-hydrogen) atoms. The molecule has 0 spiro atoms. The summed E-state index contributed by atoms with van der Waals surface area (Å²) < 4.78 is 14.0. The van der Waals surface area contributed by atoms with Crippen LogP contribution in [0.3, 0.4) is 0 Å². The summed E-state index contributed by atoms with van der Waals surface area (Å²) in [7, 11) is 0. The molecule has 0 saturated heterocycles. The normalized spacial score (nSPS) is 13.6. The molecule has 0 N–H and O–H groups in total. The number of hydrogen-bond acceptors (Lipinski definition) is 4. The van der Waals surface area contributed by atoms with E-state index in [1.54, 1.807) is 0 Å². The van der Waals surface area contributed by atoms with Gasteiger partial charge in [-0.15, -0.1) is 0 Å². The van der Waals surface area contributed by atoms with Gasteiger partial charge in [0.05, 0.1) is 22.1 Å². The average Bonchev–Trinajstić information content (AvgIpc) is 1.30. The van der Waals surface area contributed by atoms with E-state index in [-0.39, 0.29) is 33.8 Å². The molecule has 0 atom stereocenters. The van der Waals surface area contributed by atoms with Crippen LogP contribution in [-0.4, -0.2) is 6.71 Å². The number of hydrogen-bond donors (Lipinski definition) is 0. The van der Waals surface area contributed by atoms with Crippen molar-refractivity contribution < 1.29 is 8.83 Å². The van der Waals surface area contributed by atoms with E-state index in [9.17, 15) is 0 Å². The third kappa shape index (κ3) is 9.72. The fourth-order valence-electron chi connectivity index (χ4n) is 14.3. The van der Waals surface area contributed by atoms with Crippen LogP contribution in [0.2, 0.25) is 0 Å². The SMILES string of the molecule is CC(C)(C)c1cc(-c2ccc3c(c2)N(c2c(-c4ccccc4)ccc4oc5ccccc5c24)c2cc(C(C)(C)C)cc4c2B3c2ccc(-c3cc(C(C)(C)C)cc(C(C)(C)C)c3)cc2N4c2c(-c3ccccc3)ccc3oc4ccccc4c23)cc(C(C)(C)C)c1. The van der Waals surface area contributed by atoms with Gasteiger partial charge in [-0.1, -0.05) is 262 Å². The lowest BCUT2D eigenvalue weighted by molar-refractivity contribution is 0.568. The maximum atomic E-state index is 6.99. The van der Waals surface area contributed by atoms with E-state index in [1.165, 1.54) is 66.5 Å². The Labute approximate surface area is 538 Å². The Hall–Kier alpha value is -9.32. The fraction of sp³-hybridized carbons (Fsp3) is 0.233. The number of furan rings is 2. The monoisotopic (exact) mass is 1180 g/mol. The summed E-state index contributed by atoms with van der Waals surface area (Å²) in [5.41, 5.74) is 29.1. The fourth-order valence-corrected chi connectivity index (χ4v) is 14.3. The summed E-state index contributed by atoms with van der Waals surface area (Å²) in [6.45, 7) is 35.0.